The molecule has 0 aliphatic rings. The first-order chi connectivity index (χ1) is 11.3. The maximum absolute atomic E-state index is 11.5. The number of nitro groups is 1. The van der Waals surface area contributed by atoms with Gasteiger partial charge in [-0.3, -0.25) is 10.1 Å². The number of rotatable bonds is 7. The molecule has 0 unspecified atom stereocenters. The molecular weight excluding hydrogens is 334 g/mol. The summed E-state index contributed by atoms with van der Waals surface area (Å²) in [6, 6.07) is 10.2. The third-order valence-corrected chi connectivity index (χ3v) is 4.19. The molecule has 0 aliphatic heterocycles. The number of ether oxygens (including phenoxy) is 2. The predicted molar refractivity (Wildman–Crippen MR) is 88.5 cm³/mol. The molecule has 2 aromatic rings. The second-order valence-electron chi connectivity index (χ2n) is 5.08. The maximum atomic E-state index is 11.5. The molecular formula is C16H17NO6S. The van der Waals surface area contributed by atoms with Gasteiger partial charge >= 0.3 is 5.69 Å². The van der Waals surface area contributed by atoms with Crippen LogP contribution in [0.3, 0.4) is 0 Å². The molecule has 0 spiro atoms. The lowest BCUT2D eigenvalue weighted by Gasteiger charge is -2.09. The Hall–Kier alpha value is -2.61. The lowest BCUT2D eigenvalue weighted by atomic mass is 10.3. The first-order valence-electron chi connectivity index (χ1n) is 7.20. The number of nitro benzene ring substituents is 1. The highest BCUT2D eigenvalue weighted by Crippen LogP contribution is 2.33. The Morgan fingerprint density at radius 3 is 2.25 bits per heavy atom. The van der Waals surface area contributed by atoms with Crippen molar-refractivity contribution in [1.29, 1.82) is 0 Å². The van der Waals surface area contributed by atoms with E-state index in [1.807, 2.05) is 6.92 Å². The largest absolute Gasteiger partial charge is 0.494 e. The monoisotopic (exact) mass is 351 g/mol. The van der Waals surface area contributed by atoms with Crippen molar-refractivity contribution in [1.82, 2.24) is 0 Å². The van der Waals surface area contributed by atoms with Gasteiger partial charge < -0.3 is 9.47 Å². The summed E-state index contributed by atoms with van der Waals surface area (Å²) in [4.78, 5) is 10.4. The molecule has 2 rings (SSSR count). The minimum atomic E-state index is -3.54. The molecule has 0 atom stereocenters. The Morgan fingerprint density at radius 2 is 1.71 bits per heavy atom. The summed E-state index contributed by atoms with van der Waals surface area (Å²) >= 11 is 0. The summed E-state index contributed by atoms with van der Waals surface area (Å²) in [5, 5.41) is 11.2. The fourth-order valence-electron chi connectivity index (χ4n) is 1.91. The minimum Gasteiger partial charge on any atom is -0.494 e. The van der Waals surface area contributed by atoms with E-state index in [0.717, 1.165) is 18.7 Å². The second kappa shape index (κ2) is 7.31. The Labute approximate surface area is 139 Å². The third-order valence-electron chi connectivity index (χ3n) is 3.08. The van der Waals surface area contributed by atoms with Gasteiger partial charge in [0.25, 0.3) is 0 Å². The van der Waals surface area contributed by atoms with Crippen LogP contribution in [0.25, 0.3) is 0 Å². The molecule has 0 heterocycles. The zero-order valence-corrected chi connectivity index (χ0v) is 14.1. The van der Waals surface area contributed by atoms with Gasteiger partial charge in [-0.25, -0.2) is 8.42 Å². The van der Waals surface area contributed by atoms with Crippen LogP contribution in [-0.4, -0.2) is 26.2 Å². The summed E-state index contributed by atoms with van der Waals surface area (Å²) in [5.74, 6) is 1.02. The molecule has 128 valence electrons. The van der Waals surface area contributed by atoms with E-state index in [0.29, 0.717) is 18.1 Å². The zero-order chi connectivity index (χ0) is 17.7. The van der Waals surface area contributed by atoms with E-state index in [-0.39, 0.29) is 10.6 Å². The summed E-state index contributed by atoms with van der Waals surface area (Å²) in [6.45, 7) is 2.59. The number of hydrogen-bond donors (Lipinski definition) is 0. The zero-order valence-electron chi connectivity index (χ0n) is 13.3. The normalized spacial score (nSPS) is 11.1. The van der Waals surface area contributed by atoms with Crippen LogP contribution < -0.4 is 9.47 Å². The first kappa shape index (κ1) is 17.7. The van der Waals surface area contributed by atoms with Gasteiger partial charge in [-0.1, -0.05) is 6.92 Å². The summed E-state index contributed by atoms with van der Waals surface area (Å²) in [6.07, 6.45) is 1.87. The van der Waals surface area contributed by atoms with Crippen molar-refractivity contribution in [3.63, 3.8) is 0 Å². The maximum Gasteiger partial charge on any atom is 0.312 e. The van der Waals surface area contributed by atoms with Gasteiger partial charge in [-0.2, -0.15) is 0 Å². The summed E-state index contributed by atoms with van der Waals surface area (Å²) < 4.78 is 34.0. The predicted octanol–water partition coefficient (Wildman–Crippen LogP) is 3.58. The van der Waals surface area contributed by atoms with E-state index >= 15 is 0 Å². The number of benzene rings is 2. The van der Waals surface area contributed by atoms with Gasteiger partial charge in [0.1, 0.15) is 11.5 Å². The lowest BCUT2D eigenvalue weighted by Crippen LogP contribution is -2.00. The van der Waals surface area contributed by atoms with Gasteiger partial charge in [-0.05, 0) is 42.8 Å². The molecule has 0 amide bonds. The molecule has 0 saturated carbocycles. The summed E-state index contributed by atoms with van der Waals surface area (Å²) in [7, 11) is -3.54. The van der Waals surface area contributed by atoms with Gasteiger partial charge in [-0.15, -0.1) is 0 Å². The van der Waals surface area contributed by atoms with Gasteiger partial charge in [0.15, 0.2) is 9.84 Å². The Balaban J connectivity index is 2.27. The number of nitrogens with zero attached hydrogens (tertiary/aromatic N) is 1. The molecule has 0 aromatic heterocycles. The fourth-order valence-corrected chi connectivity index (χ4v) is 2.55. The van der Waals surface area contributed by atoms with Gasteiger partial charge in [0.05, 0.1) is 16.4 Å². The topological polar surface area (TPSA) is 95.7 Å². The van der Waals surface area contributed by atoms with Crippen LogP contribution in [0.4, 0.5) is 5.69 Å². The van der Waals surface area contributed by atoms with Crippen molar-refractivity contribution in [2.24, 2.45) is 0 Å². The SMILES string of the molecule is CCCOc1ccc(Oc2ccc(S(C)(=O)=O)cc2[N+](=O)[O-])cc1. The standard InChI is InChI=1S/C16H17NO6S/c1-3-10-22-12-4-6-13(7-5-12)23-16-9-8-14(24(2,20)21)11-15(16)17(18)19/h4-9,11H,3,10H2,1-2H3. The third kappa shape index (κ3) is 4.45. The van der Waals surface area contributed by atoms with Crippen LogP contribution in [0.5, 0.6) is 17.2 Å². The number of sulfone groups is 1. The minimum absolute atomic E-state index is 0.0328. The Morgan fingerprint density at radius 1 is 1.08 bits per heavy atom. The van der Waals surface area contributed by atoms with E-state index in [1.54, 1.807) is 24.3 Å². The van der Waals surface area contributed by atoms with Gasteiger partial charge in [0, 0.05) is 12.3 Å². The Bertz CT molecular complexity index is 830. The van der Waals surface area contributed by atoms with Crippen molar-refractivity contribution in [2.45, 2.75) is 18.2 Å². The first-order valence-corrected chi connectivity index (χ1v) is 9.09. The Kier molecular flexibility index (Phi) is 5.40. The number of hydrogen-bond acceptors (Lipinski definition) is 6. The second-order valence-corrected chi connectivity index (χ2v) is 7.10. The lowest BCUT2D eigenvalue weighted by molar-refractivity contribution is -0.385. The molecule has 0 saturated heterocycles. The van der Waals surface area contributed by atoms with Crippen molar-refractivity contribution in [2.75, 3.05) is 12.9 Å². The highest BCUT2D eigenvalue weighted by molar-refractivity contribution is 7.90. The van der Waals surface area contributed by atoms with Crippen molar-refractivity contribution in [3.8, 4) is 17.2 Å². The molecule has 0 radical (unpaired) electrons. The van der Waals surface area contributed by atoms with Gasteiger partial charge in [0.2, 0.25) is 5.75 Å². The van der Waals surface area contributed by atoms with Crippen molar-refractivity contribution in [3.05, 3.63) is 52.6 Å². The highest BCUT2D eigenvalue weighted by Gasteiger charge is 2.20. The summed E-state index contributed by atoms with van der Waals surface area (Å²) in [5.41, 5.74) is -0.413. The van der Waals surface area contributed by atoms with E-state index < -0.39 is 20.4 Å². The van der Waals surface area contributed by atoms with Crippen LogP contribution in [0.2, 0.25) is 0 Å². The molecule has 8 heteroatoms. The molecule has 0 fully saturated rings. The smallest absolute Gasteiger partial charge is 0.312 e. The van der Waals surface area contributed by atoms with Crippen LogP contribution in [0.1, 0.15) is 13.3 Å². The molecule has 7 nitrogen and oxygen atoms in total. The van der Waals surface area contributed by atoms with Crippen molar-refractivity contribution < 1.29 is 22.8 Å². The molecule has 0 aliphatic carbocycles. The molecule has 24 heavy (non-hydrogen) atoms. The van der Waals surface area contributed by atoms with Crippen molar-refractivity contribution >= 4 is 15.5 Å². The molecule has 0 N–H and O–H groups in total. The van der Waals surface area contributed by atoms with Crippen LogP contribution in [0, 0.1) is 10.1 Å². The van der Waals surface area contributed by atoms with Crippen LogP contribution >= 0.6 is 0 Å². The average molecular weight is 351 g/mol. The van der Waals surface area contributed by atoms with Crippen LogP contribution in [-0.2, 0) is 9.84 Å². The highest BCUT2D eigenvalue weighted by atomic mass is 32.2. The van der Waals surface area contributed by atoms with E-state index in [9.17, 15) is 18.5 Å². The quantitative estimate of drug-likeness (QED) is 0.559. The van der Waals surface area contributed by atoms with E-state index in [4.69, 9.17) is 9.47 Å². The van der Waals surface area contributed by atoms with E-state index in [1.165, 1.54) is 12.1 Å². The fraction of sp³-hybridized carbons (Fsp3) is 0.250. The average Bonchev–Trinajstić information content (AvgIpc) is 2.53. The van der Waals surface area contributed by atoms with Crippen LogP contribution in [0.15, 0.2) is 47.4 Å². The molecule has 0 bridgehead atoms. The molecule has 2 aromatic carbocycles. The van der Waals surface area contributed by atoms with E-state index in [2.05, 4.69) is 0 Å².